The van der Waals surface area contributed by atoms with Gasteiger partial charge in [-0.25, -0.2) is 0 Å². The number of alkyl halides is 3. The minimum absolute atomic E-state index is 0.0367. The number of benzene rings is 1. The van der Waals surface area contributed by atoms with Gasteiger partial charge < -0.3 is 31.2 Å². The van der Waals surface area contributed by atoms with Crippen molar-refractivity contribution < 1.29 is 27.4 Å². The van der Waals surface area contributed by atoms with E-state index in [1.165, 1.54) is 17.0 Å². The average Bonchev–Trinajstić information content (AvgIpc) is 2.79. The summed E-state index contributed by atoms with van der Waals surface area (Å²) in [6, 6.07) is 6.23. The van der Waals surface area contributed by atoms with Crippen molar-refractivity contribution >= 4 is 23.4 Å². The molecule has 0 bridgehead atoms. The van der Waals surface area contributed by atoms with E-state index in [-0.39, 0.29) is 49.8 Å². The summed E-state index contributed by atoms with van der Waals surface area (Å²) in [4.78, 5) is 31.9. The molecule has 1 aromatic carbocycles. The lowest BCUT2D eigenvalue weighted by Crippen LogP contribution is -2.38. The van der Waals surface area contributed by atoms with Crippen LogP contribution in [-0.2, 0) is 22.7 Å². The van der Waals surface area contributed by atoms with Crippen LogP contribution in [0.2, 0.25) is 0 Å². The minimum atomic E-state index is -4.95. The van der Waals surface area contributed by atoms with Gasteiger partial charge in [0.15, 0.2) is 5.82 Å². The van der Waals surface area contributed by atoms with E-state index in [1.807, 2.05) is 0 Å². The third-order valence-electron chi connectivity index (χ3n) is 4.55. The molecular weight excluding hydrogens is 459 g/mol. The number of nitrogens with one attached hydrogen (secondary N) is 1. The highest BCUT2D eigenvalue weighted by molar-refractivity contribution is 5.81. The zero-order valence-corrected chi connectivity index (χ0v) is 18.8. The van der Waals surface area contributed by atoms with E-state index in [9.17, 15) is 22.9 Å². The van der Waals surface area contributed by atoms with Gasteiger partial charge in [-0.2, -0.15) is 23.1 Å². The number of anilines is 2. The van der Waals surface area contributed by atoms with Crippen LogP contribution in [0.15, 0.2) is 29.4 Å². The Balaban J connectivity index is 2.08. The second kappa shape index (κ2) is 11.1. The van der Waals surface area contributed by atoms with Gasteiger partial charge in [0.25, 0.3) is 5.88 Å². The summed E-state index contributed by atoms with van der Waals surface area (Å²) in [5.74, 6) is -2.23. The molecule has 0 aliphatic carbocycles. The number of nitroso groups, excluding NO2 is 1. The molecule has 2 aromatic rings. The molecule has 1 amide bonds. The normalized spacial score (nSPS) is 11.7. The number of hydrogen-bond acceptors (Lipinski definition) is 10. The van der Waals surface area contributed by atoms with Gasteiger partial charge in [0.05, 0.1) is 5.60 Å². The Labute approximate surface area is 193 Å². The molecule has 0 spiro atoms. The smallest absolute Gasteiger partial charge is 0.471 e. The molecule has 0 aliphatic heterocycles. The van der Waals surface area contributed by atoms with E-state index in [1.54, 1.807) is 38.3 Å². The number of halogens is 3. The van der Waals surface area contributed by atoms with Crippen molar-refractivity contribution in [1.29, 1.82) is 0 Å². The van der Waals surface area contributed by atoms with E-state index < -0.39 is 17.7 Å². The molecule has 2 rings (SSSR count). The second-order valence-electron chi connectivity index (χ2n) is 7.87. The molecule has 14 heteroatoms. The van der Waals surface area contributed by atoms with Crippen LogP contribution < -0.4 is 26.4 Å². The first-order valence-corrected chi connectivity index (χ1v) is 9.98. The average molecular weight is 485 g/mol. The number of nitrogens with zero attached hydrogens (tertiary/aromatic N) is 4. The molecule has 186 valence electrons. The highest BCUT2D eigenvalue weighted by Gasteiger charge is 2.38. The molecule has 0 saturated carbocycles. The maximum atomic E-state index is 12.3. The van der Waals surface area contributed by atoms with E-state index in [0.29, 0.717) is 11.1 Å². The molecule has 0 fully saturated rings. The largest absolute Gasteiger partial charge is 0.471 e. The highest BCUT2D eigenvalue weighted by atomic mass is 19.4. The minimum Gasteiger partial charge on any atom is -0.471 e. The Morgan fingerprint density at radius 2 is 1.79 bits per heavy atom. The summed E-state index contributed by atoms with van der Waals surface area (Å²) in [5.41, 5.74) is 11.7. The summed E-state index contributed by atoms with van der Waals surface area (Å²) >= 11 is 0. The number of carbonyl (C=O) groups excluding carboxylic acids is 1. The Morgan fingerprint density at radius 1 is 1.18 bits per heavy atom. The predicted octanol–water partition coefficient (Wildman–Crippen LogP) is 2.36. The molecule has 0 aliphatic rings. The number of amides is 1. The molecule has 0 saturated heterocycles. The summed E-state index contributed by atoms with van der Waals surface area (Å²) < 4.78 is 48.1. The fourth-order valence-electron chi connectivity index (χ4n) is 2.46. The zero-order chi connectivity index (χ0) is 25.5. The van der Waals surface area contributed by atoms with Crippen LogP contribution in [0, 0.1) is 4.91 Å². The van der Waals surface area contributed by atoms with Crippen LogP contribution in [-0.4, -0.2) is 48.0 Å². The fourth-order valence-corrected chi connectivity index (χ4v) is 2.46. The molecule has 0 atom stereocenters. The third-order valence-corrected chi connectivity index (χ3v) is 4.55. The maximum Gasteiger partial charge on any atom is 0.471 e. The van der Waals surface area contributed by atoms with Crippen LogP contribution in [0.5, 0.6) is 5.88 Å². The standard InChI is InChI=1S/C20H26F3N7O4/c1-19(2,10-24)34-11-30(3)15-14(29-32)16(28-18(25)27-15)33-9-13-6-4-12(5-7-13)8-26-17(31)20(21,22)23/h4-7H,8-11,24H2,1-3H3,(H,26,31)(H2,25,27,28). The van der Waals surface area contributed by atoms with Crippen molar-refractivity contribution in [3.63, 3.8) is 0 Å². The first-order chi connectivity index (χ1) is 15.9. The first-order valence-electron chi connectivity index (χ1n) is 9.98. The fraction of sp³-hybridized carbons (Fsp3) is 0.450. The zero-order valence-electron chi connectivity index (χ0n) is 18.8. The van der Waals surface area contributed by atoms with Gasteiger partial charge in [0, 0.05) is 20.1 Å². The van der Waals surface area contributed by atoms with E-state index in [4.69, 9.17) is 20.9 Å². The predicted molar refractivity (Wildman–Crippen MR) is 118 cm³/mol. The van der Waals surface area contributed by atoms with Crippen molar-refractivity contribution in [2.75, 3.05) is 31.0 Å². The van der Waals surface area contributed by atoms with Crippen molar-refractivity contribution in [3.8, 4) is 5.88 Å². The Morgan fingerprint density at radius 3 is 2.35 bits per heavy atom. The van der Waals surface area contributed by atoms with E-state index in [2.05, 4.69) is 15.1 Å². The quantitative estimate of drug-likeness (QED) is 0.321. The van der Waals surface area contributed by atoms with Gasteiger partial charge in [-0.05, 0) is 30.2 Å². The van der Waals surface area contributed by atoms with Crippen LogP contribution in [0.25, 0.3) is 0 Å². The number of aromatic nitrogens is 2. The van der Waals surface area contributed by atoms with Gasteiger partial charge in [-0.3, -0.25) is 4.79 Å². The lowest BCUT2D eigenvalue weighted by atomic mass is 10.1. The van der Waals surface area contributed by atoms with Gasteiger partial charge in [0.2, 0.25) is 11.6 Å². The van der Waals surface area contributed by atoms with Crippen LogP contribution >= 0.6 is 0 Å². The summed E-state index contributed by atoms with van der Waals surface area (Å²) in [6.45, 7) is 3.58. The van der Waals surface area contributed by atoms with Gasteiger partial charge in [-0.1, -0.05) is 24.3 Å². The van der Waals surface area contributed by atoms with Gasteiger partial charge in [-0.15, -0.1) is 4.91 Å². The molecule has 1 heterocycles. The number of carbonyl (C=O) groups is 1. The molecule has 1 aromatic heterocycles. The van der Waals surface area contributed by atoms with Gasteiger partial charge in [0.1, 0.15) is 13.3 Å². The van der Waals surface area contributed by atoms with Crippen LogP contribution in [0.4, 0.5) is 30.6 Å². The number of hydrogen-bond donors (Lipinski definition) is 3. The van der Waals surface area contributed by atoms with Crippen molar-refractivity contribution in [1.82, 2.24) is 15.3 Å². The van der Waals surface area contributed by atoms with E-state index >= 15 is 0 Å². The van der Waals surface area contributed by atoms with E-state index in [0.717, 1.165) is 0 Å². The molecular formula is C20H26F3N7O4. The van der Waals surface area contributed by atoms with Gasteiger partial charge >= 0.3 is 12.1 Å². The molecule has 5 N–H and O–H groups in total. The first kappa shape index (κ1) is 26.7. The highest BCUT2D eigenvalue weighted by Crippen LogP contribution is 2.35. The second-order valence-corrected chi connectivity index (χ2v) is 7.87. The Bertz CT molecular complexity index is 1000. The topological polar surface area (TPSA) is 158 Å². The molecule has 0 unspecified atom stereocenters. The lowest BCUT2D eigenvalue weighted by molar-refractivity contribution is -0.173. The summed E-state index contributed by atoms with van der Waals surface area (Å²) in [5, 5.41) is 4.76. The molecule has 34 heavy (non-hydrogen) atoms. The summed E-state index contributed by atoms with van der Waals surface area (Å²) in [6.07, 6.45) is -4.95. The number of nitrogen functional groups attached to an aromatic ring is 1. The maximum absolute atomic E-state index is 12.3. The Kier molecular flexibility index (Phi) is 8.70. The monoisotopic (exact) mass is 485 g/mol. The SMILES string of the molecule is CN(COC(C)(C)CN)c1nc(N)nc(OCc2ccc(CNC(=O)C(F)(F)F)cc2)c1N=O. The number of ether oxygens (including phenoxy) is 2. The van der Waals surface area contributed by atoms with Crippen LogP contribution in [0.3, 0.4) is 0 Å². The Hall–Kier alpha value is -3.52. The van der Waals surface area contributed by atoms with Crippen molar-refractivity contribution in [2.45, 2.75) is 38.8 Å². The van der Waals surface area contributed by atoms with Crippen molar-refractivity contribution in [2.24, 2.45) is 10.9 Å². The number of nitrogens with two attached hydrogens (primary N) is 2. The summed E-state index contributed by atoms with van der Waals surface area (Å²) in [7, 11) is 1.61. The van der Waals surface area contributed by atoms with Crippen LogP contribution in [0.1, 0.15) is 25.0 Å². The molecule has 11 nitrogen and oxygen atoms in total. The van der Waals surface area contributed by atoms with Crippen molar-refractivity contribution in [3.05, 3.63) is 40.3 Å². The molecule has 0 radical (unpaired) electrons. The third kappa shape index (κ3) is 7.52. The lowest BCUT2D eigenvalue weighted by Gasteiger charge is -2.28. The number of rotatable bonds is 11.